The fourth-order valence-corrected chi connectivity index (χ4v) is 5.46. The summed E-state index contributed by atoms with van der Waals surface area (Å²) >= 11 is 0. The first-order chi connectivity index (χ1) is 21.1. The third-order valence-electron chi connectivity index (χ3n) is 7.78. The summed E-state index contributed by atoms with van der Waals surface area (Å²) in [6.45, 7) is 5.14. The van der Waals surface area contributed by atoms with Crippen LogP contribution in [0.25, 0.3) is 12.2 Å². The Hall–Kier alpha value is -4.19. The van der Waals surface area contributed by atoms with Crippen LogP contribution in [-0.2, 0) is 38.3 Å². The number of rotatable bonds is 13. The van der Waals surface area contributed by atoms with Crippen LogP contribution in [0, 0.1) is 0 Å². The van der Waals surface area contributed by atoms with Gasteiger partial charge in [0.25, 0.3) is 0 Å². The lowest BCUT2D eigenvalue weighted by Gasteiger charge is -2.22. The Bertz CT molecular complexity index is 1520. The van der Waals surface area contributed by atoms with Crippen molar-refractivity contribution in [3.8, 4) is 5.75 Å². The maximum atomic E-state index is 12.1. The van der Waals surface area contributed by atoms with Gasteiger partial charge in [0.1, 0.15) is 18.5 Å². The average Bonchev–Trinajstić information content (AvgIpc) is 3.19. The summed E-state index contributed by atoms with van der Waals surface area (Å²) in [5.74, 6) is 0.399. The molecule has 43 heavy (non-hydrogen) atoms. The zero-order chi connectivity index (χ0) is 30.0. The monoisotopic (exact) mass is 576 g/mol. The van der Waals surface area contributed by atoms with E-state index >= 15 is 0 Å². The summed E-state index contributed by atoms with van der Waals surface area (Å²) in [6.07, 6.45) is 5.89. The molecule has 1 aliphatic rings. The fourth-order valence-electron chi connectivity index (χ4n) is 5.46. The molecule has 0 radical (unpaired) electrons. The van der Waals surface area contributed by atoms with Gasteiger partial charge >= 0.3 is 5.97 Å². The molecule has 0 N–H and O–H groups in total. The number of methoxy groups -OCH3 is 1. The van der Waals surface area contributed by atoms with Crippen molar-refractivity contribution in [1.29, 1.82) is 0 Å². The van der Waals surface area contributed by atoms with Crippen LogP contribution in [-0.4, -0.2) is 39.0 Å². The van der Waals surface area contributed by atoms with Crippen molar-refractivity contribution in [1.82, 2.24) is 0 Å². The molecule has 2 atom stereocenters. The van der Waals surface area contributed by atoms with E-state index < -0.39 is 6.10 Å². The molecule has 2 unspecified atom stereocenters. The van der Waals surface area contributed by atoms with Crippen LogP contribution < -0.4 is 4.74 Å². The number of hydrogen-bond acceptors (Lipinski definition) is 5. The lowest BCUT2D eigenvalue weighted by Crippen LogP contribution is -2.27. The second-order valence-electron chi connectivity index (χ2n) is 10.7. The molecule has 0 aliphatic heterocycles. The van der Waals surface area contributed by atoms with Crippen LogP contribution >= 0.6 is 0 Å². The van der Waals surface area contributed by atoms with Gasteiger partial charge in [-0.3, -0.25) is 0 Å². The third kappa shape index (κ3) is 7.81. The second kappa shape index (κ2) is 14.8. The van der Waals surface area contributed by atoms with Gasteiger partial charge in [-0.1, -0.05) is 97.9 Å². The Morgan fingerprint density at radius 1 is 0.744 bits per heavy atom. The van der Waals surface area contributed by atoms with E-state index in [2.05, 4.69) is 85.8 Å². The van der Waals surface area contributed by atoms with Gasteiger partial charge in [-0.15, -0.1) is 0 Å². The van der Waals surface area contributed by atoms with E-state index in [1.54, 1.807) is 6.92 Å². The first kappa shape index (κ1) is 30.3. The van der Waals surface area contributed by atoms with Crippen LogP contribution in [0.5, 0.6) is 5.75 Å². The van der Waals surface area contributed by atoms with Crippen LogP contribution in [0.3, 0.4) is 0 Å². The highest BCUT2D eigenvalue weighted by Gasteiger charge is 2.23. The highest BCUT2D eigenvalue weighted by atomic mass is 16.6. The molecular weight excluding hydrogens is 536 g/mol. The maximum absolute atomic E-state index is 12.1. The summed E-state index contributed by atoms with van der Waals surface area (Å²) in [6, 6.07) is 31.7. The molecule has 4 aromatic rings. The summed E-state index contributed by atoms with van der Waals surface area (Å²) < 4.78 is 23.1. The predicted molar refractivity (Wildman–Crippen MR) is 171 cm³/mol. The zero-order valence-corrected chi connectivity index (χ0v) is 25.3. The molecule has 0 amide bonds. The SMILES string of the molecule is CCOC(=O)C(Cc1ccc(OCCOC2c3ccc(CC)cc3C=Cc3ccc(Cc4ccccc4)cc32)cc1)OC. The van der Waals surface area contributed by atoms with Crippen molar-refractivity contribution in [2.24, 2.45) is 0 Å². The van der Waals surface area contributed by atoms with Gasteiger partial charge < -0.3 is 18.9 Å². The largest absolute Gasteiger partial charge is 0.491 e. The Labute approximate surface area is 255 Å². The van der Waals surface area contributed by atoms with Crippen molar-refractivity contribution in [3.05, 3.63) is 136 Å². The van der Waals surface area contributed by atoms with Crippen molar-refractivity contribution >= 4 is 18.1 Å². The first-order valence-electron chi connectivity index (χ1n) is 15.1. The van der Waals surface area contributed by atoms with Crippen molar-refractivity contribution in [3.63, 3.8) is 0 Å². The Kier molecular flexibility index (Phi) is 10.4. The average molecular weight is 577 g/mol. The molecule has 5 rings (SSSR count). The van der Waals surface area contributed by atoms with Crippen LogP contribution in [0.1, 0.15) is 64.5 Å². The molecule has 0 aromatic heterocycles. The molecule has 0 saturated carbocycles. The quantitative estimate of drug-likeness (QED) is 0.121. The van der Waals surface area contributed by atoms with Crippen LogP contribution in [0.15, 0.2) is 91.0 Å². The molecule has 5 nitrogen and oxygen atoms in total. The van der Waals surface area contributed by atoms with Crippen LogP contribution in [0.2, 0.25) is 0 Å². The molecule has 0 spiro atoms. The smallest absolute Gasteiger partial charge is 0.335 e. The highest BCUT2D eigenvalue weighted by Crippen LogP contribution is 2.37. The van der Waals surface area contributed by atoms with E-state index in [1.807, 2.05) is 24.3 Å². The maximum Gasteiger partial charge on any atom is 0.335 e. The number of ether oxygens (including phenoxy) is 4. The minimum absolute atomic E-state index is 0.207. The standard InChI is InChI=1S/C38H40O5/c1-4-27-14-20-34-32(24-27)17-16-31-15-11-30(23-28-9-7-6-8-10-28)25-35(31)37(34)43-22-21-42-33-18-12-29(13-19-33)26-36(40-3)38(39)41-5-2/h6-20,24-25,36-37H,4-5,21-23,26H2,1-3H3. The highest BCUT2D eigenvalue weighted by molar-refractivity contribution is 5.77. The molecule has 4 aromatic carbocycles. The number of aryl methyl sites for hydroxylation is 1. The predicted octanol–water partition coefficient (Wildman–Crippen LogP) is 7.63. The summed E-state index contributed by atoms with van der Waals surface area (Å²) in [7, 11) is 1.52. The van der Waals surface area contributed by atoms with Gasteiger partial charge in [0.15, 0.2) is 6.10 Å². The van der Waals surface area contributed by atoms with Gasteiger partial charge in [-0.05, 0) is 76.4 Å². The Morgan fingerprint density at radius 2 is 1.49 bits per heavy atom. The Balaban J connectivity index is 1.28. The van der Waals surface area contributed by atoms with Crippen molar-refractivity contribution in [2.45, 2.75) is 45.3 Å². The molecule has 0 saturated heterocycles. The van der Waals surface area contributed by atoms with Gasteiger partial charge in [0, 0.05) is 13.5 Å². The van der Waals surface area contributed by atoms with Gasteiger partial charge in [0.05, 0.1) is 13.2 Å². The third-order valence-corrected chi connectivity index (χ3v) is 7.78. The summed E-state index contributed by atoms with van der Waals surface area (Å²) in [5.41, 5.74) is 9.53. The van der Waals surface area contributed by atoms with Crippen molar-refractivity contribution < 1.29 is 23.7 Å². The topological polar surface area (TPSA) is 54.0 Å². The molecule has 0 fully saturated rings. The zero-order valence-electron chi connectivity index (χ0n) is 25.3. The molecular formula is C38H40O5. The molecule has 0 bridgehead atoms. The fraction of sp³-hybridized carbons (Fsp3) is 0.289. The van der Waals surface area contributed by atoms with Crippen LogP contribution in [0.4, 0.5) is 0 Å². The van der Waals surface area contributed by atoms with Gasteiger partial charge in [-0.2, -0.15) is 0 Å². The van der Waals surface area contributed by atoms with E-state index in [0.717, 1.165) is 24.2 Å². The number of carbonyl (C=O) groups excluding carboxylic acids is 1. The lowest BCUT2D eigenvalue weighted by atomic mass is 9.92. The number of esters is 1. The summed E-state index contributed by atoms with van der Waals surface area (Å²) in [4.78, 5) is 12.1. The minimum Gasteiger partial charge on any atom is -0.491 e. The minimum atomic E-state index is -0.624. The lowest BCUT2D eigenvalue weighted by molar-refractivity contribution is -0.154. The molecule has 5 heteroatoms. The molecule has 222 valence electrons. The number of carbonyl (C=O) groups is 1. The summed E-state index contributed by atoms with van der Waals surface area (Å²) in [5, 5.41) is 0. The van der Waals surface area contributed by atoms with E-state index in [9.17, 15) is 4.79 Å². The van der Waals surface area contributed by atoms with Gasteiger partial charge in [0.2, 0.25) is 0 Å². The van der Waals surface area contributed by atoms with E-state index in [0.29, 0.717) is 26.2 Å². The normalized spacial score (nSPS) is 14.3. The van der Waals surface area contributed by atoms with E-state index in [-0.39, 0.29) is 12.1 Å². The first-order valence-corrected chi connectivity index (χ1v) is 15.1. The number of hydrogen-bond donors (Lipinski definition) is 0. The Morgan fingerprint density at radius 3 is 2.23 bits per heavy atom. The molecule has 0 heterocycles. The molecule has 1 aliphatic carbocycles. The van der Waals surface area contributed by atoms with E-state index in [1.165, 1.54) is 46.1 Å². The van der Waals surface area contributed by atoms with E-state index in [4.69, 9.17) is 18.9 Å². The number of benzene rings is 4. The number of fused-ring (bicyclic) bond motifs is 2. The second-order valence-corrected chi connectivity index (χ2v) is 10.7. The van der Waals surface area contributed by atoms with Gasteiger partial charge in [-0.25, -0.2) is 4.79 Å². The van der Waals surface area contributed by atoms with Crippen molar-refractivity contribution in [2.75, 3.05) is 26.9 Å².